The number of hydrogen-bond acceptors (Lipinski definition) is 4. The van der Waals surface area contributed by atoms with E-state index in [4.69, 9.17) is 10.1 Å². The first-order chi connectivity index (χ1) is 11.1. The number of aryl methyl sites for hydroxylation is 1. The summed E-state index contributed by atoms with van der Waals surface area (Å²) in [5, 5.41) is 24.9. The van der Waals surface area contributed by atoms with Crippen LogP contribution in [0.5, 0.6) is 5.88 Å². The first kappa shape index (κ1) is 15.3. The van der Waals surface area contributed by atoms with E-state index < -0.39 is 5.92 Å². The summed E-state index contributed by atoms with van der Waals surface area (Å²) in [7, 11) is 0. The summed E-state index contributed by atoms with van der Waals surface area (Å²) < 4.78 is 5.48. The Bertz CT molecular complexity index is 767. The predicted molar refractivity (Wildman–Crippen MR) is 87.8 cm³/mol. The lowest BCUT2D eigenvalue weighted by molar-refractivity contribution is 0.436. The monoisotopic (exact) mass is 308 g/mol. The fourth-order valence-electron chi connectivity index (χ4n) is 3.10. The van der Waals surface area contributed by atoms with Gasteiger partial charge in [-0.1, -0.05) is 45.0 Å². The molecule has 0 saturated heterocycles. The number of H-pyrrole nitrogens is 1. The van der Waals surface area contributed by atoms with Crippen LogP contribution in [0.2, 0.25) is 0 Å². The van der Waals surface area contributed by atoms with Gasteiger partial charge in [0.05, 0.1) is 6.07 Å². The first-order valence-corrected chi connectivity index (χ1v) is 7.89. The summed E-state index contributed by atoms with van der Waals surface area (Å²) in [5.74, 6) is -0.233. The molecule has 2 aromatic rings. The lowest BCUT2D eigenvalue weighted by Crippen LogP contribution is -2.31. The summed E-state index contributed by atoms with van der Waals surface area (Å²) in [6.45, 7) is 6.26. The molecule has 0 radical (unpaired) electrons. The van der Waals surface area contributed by atoms with Crippen LogP contribution in [0.3, 0.4) is 0 Å². The van der Waals surface area contributed by atoms with Gasteiger partial charge in [-0.2, -0.15) is 5.26 Å². The molecule has 0 aliphatic carbocycles. The quantitative estimate of drug-likeness (QED) is 0.905. The van der Waals surface area contributed by atoms with Gasteiger partial charge in [-0.25, -0.2) is 0 Å². The number of nitrogens with one attached hydrogen (secondary N) is 2. The van der Waals surface area contributed by atoms with Crippen LogP contribution in [0.25, 0.3) is 0 Å². The van der Waals surface area contributed by atoms with Gasteiger partial charge in [0, 0.05) is 17.2 Å². The van der Waals surface area contributed by atoms with Crippen molar-refractivity contribution in [3.05, 3.63) is 46.6 Å². The molecule has 1 aromatic carbocycles. The van der Waals surface area contributed by atoms with Crippen molar-refractivity contribution in [1.29, 1.82) is 10.7 Å². The Balaban J connectivity index is 2.17. The molecule has 5 nitrogen and oxygen atoms in total. The number of nitriles is 1. The zero-order valence-corrected chi connectivity index (χ0v) is 13.6. The van der Waals surface area contributed by atoms with Crippen LogP contribution in [0.15, 0.2) is 24.3 Å². The second-order valence-electron chi connectivity index (χ2n) is 6.16. The Labute approximate surface area is 135 Å². The second kappa shape index (κ2) is 5.88. The Hall–Kier alpha value is -2.61. The summed E-state index contributed by atoms with van der Waals surface area (Å²) >= 11 is 0. The molecule has 2 N–H and O–H groups in total. The Kier molecular flexibility index (Phi) is 3.91. The van der Waals surface area contributed by atoms with E-state index in [2.05, 4.69) is 49.2 Å². The van der Waals surface area contributed by atoms with Gasteiger partial charge in [0.1, 0.15) is 5.92 Å². The summed E-state index contributed by atoms with van der Waals surface area (Å²) in [6, 6.07) is 10.5. The lowest BCUT2D eigenvalue weighted by Gasteiger charge is -2.28. The van der Waals surface area contributed by atoms with E-state index >= 15 is 0 Å². The van der Waals surface area contributed by atoms with Crippen molar-refractivity contribution in [2.24, 2.45) is 5.92 Å². The van der Waals surface area contributed by atoms with E-state index in [1.807, 2.05) is 12.1 Å². The molecule has 3 rings (SSSR count). The molecule has 0 saturated carbocycles. The van der Waals surface area contributed by atoms with Crippen LogP contribution >= 0.6 is 0 Å². The average Bonchev–Trinajstić information content (AvgIpc) is 2.97. The van der Waals surface area contributed by atoms with Gasteiger partial charge in [-0.05, 0) is 23.5 Å². The molecular formula is C18H20N4O. The van der Waals surface area contributed by atoms with Crippen LogP contribution < -0.4 is 4.74 Å². The summed E-state index contributed by atoms with van der Waals surface area (Å²) in [4.78, 5) is 0. The second-order valence-corrected chi connectivity index (χ2v) is 6.16. The van der Waals surface area contributed by atoms with E-state index in [9.17, 15) is 5.26 Å². The molecule has 0 spiro atoms. The Morgan fingerprint density at radius 1 is 1.35 bits per heavy atom. The number of nitrogens with zero attached hydrogens (tertiary/aromatic N) is 2. The van der Waals surface area contributed by atoms with Gasteiger partial charge in [-0.3, -0.25) is 10.5 Å². The highest BCUT2D eigenvalue weighted by molar-refractivity contribution is 5.84. The van der Waals surface area contributed by atoms with Crippen molar-refractivity contribution in [1.82, 2.24) is 10.2 Å². The van der Waals surface area contributed by atoms with Crippen LogP contribution in [-0.2, 0) is 6.42 Å². The molecule has 2 unspecified atom stereocenters. The molecule has 5 heteroatoms. The highest BCUT2D eigenvalue weighted by Crippen LogP contribution is 2.44. The highest BCUT2D eigenvalue weighted by atomic mass is 16.5. The molecule has 2 atom stereocenters. The number of ether oxygens (including phenoxy) is 1. The maximum atomic E-state index is 9.59. The molecule has 118 valence electrons. The molecular weight excluding hydrogens is 288 g/mol. The number of fused-ring (bicyclic) bond motifs is 1. The van der Waals surface area contributed by atoms with E-state index in [0.29, 0.717) is 5.88 Å². The van der Waals surface area contributed by atoms with Crippen molar-refractivity contribution in [3.63, 3.8) is 0 Å². The summed E-state index contributed by atoms with van der Waals surface area (Å²) in [6.07, 6.45) is 0.972. The molecule has 0 amide bonds. The summed E-state index contributed by atoms with van der Waals surface area (Å²) in [5.41, 5.74) is 4.15. The van der Waals surface area contributed by atoms with Crippen LogP contribution in [0.4, 0.5) is 0 Å². The number of benzene rings is 1. The van der Waals surface area contributed by atoms with Gasteiger partial charge in [0.25, 0.3) is 0 Å². The smallest absolute Gasteiger partial charge is 0.243 e. The van der Waals surface area contributed by atoms with Crippen molar-refractivity contribution in [3.8, 4) is 11.9 Å². The van der Waals surface area contributed by atoms with Crippen molar-refractivity contribution >= 4 is 5.90 Å². The van der Waals surface area contributed by atoms with Crippen LogP contribution in [0, 0.1) is 22.7 Å². The van der Waals surface area contributed by atoms with E-state index in [1.54, 1.807) is 0 Å². The van der Waals surface area contributed by atoms with Gasteiger partial charge in [-0.15, -0.1) is 5.10 Å². The number of hydrogen-bond donors (Lipinski definition) is 2. The third-order valence-corrected chi connectivity index (χ3v) is 4.40. The number of aromatic amines is 1. The van der Waals surface area contributed by atoms with Gasteiger partial charge >= 0.3 is 0 Å². The fourth-order valence-corrected chi connectivity index (χ4v) is 3.10. The lowest BCUT2D eigenvalue weighted by atomic mass is 9.78. The van der Waals surface area contributed by atoms with Gasteiger partial charge < -0.3 is 4.74 Å². The van der Waals surface area contributed by atoms with Crippen molar-refractivity contribution < 1.29 is 4.74 Å². The molecule has 0 fully saturated rings. The number of aromatic nitrogens is 2. The molecule has 0 bridgehead atoms. The van der Waals surface area contributed by atoms with Gasteiger partial charge in [0.15, 0.2) is 0 Å². The van der Waals surface area contributed by atoms with Crippen LogP contribution in [-0.4, -0.2) is 16.1 Å². The van der Waals surface area contributed by atoms with E-state index in [1.165, 1.54) is 5.56 Å². The topological polar surface area (TPSA) is 85.5 Å². The minimum absolute atomic E-state index is 0.0358. The molecule has 23 heavy (non-hydrogen) atoms. The molecule has 1 aliphatic heterocycles. The highest BCUT2D eigenvalue weighted by Gasteiger charge is 2.40. The normalized spacial score (nSPS) is 20.0. The van der Waals surface area contributed by atoms with E-state index in [-0.39, 0.29) is 17.7 Å². The third-order valence-electron chi connectivity index (χ3n) is 4.40. The van der Waals surface area contributed by atoms with Crippen LogP contribution in [0.1, 0.15) is 55.0 Å². The average molecular weight is 308 g/mol. The minimum Gasteiger partial charge on any atom is -0.422 e. The number of rotatable bonds is 3. The fraction of sp³-hybridized carbons (Fsp3) is 0.389. The predicted octanol–water partition coefficient (Wildman–Crippen LogP) is 3.74. The third kappa shape index (κ3) is 2.50. The largest absolute Gasteiger partial charge is 0.422 e. The van der Waals surface area contributed by atoms with Gasteiger partial charge in [0.2, 0.25) is 11.8 Å². The molecule has 1 aromatic heterocycles. The maximum Gasteiger partial charge on any atom is 0.243 e. The maximum absolute atomic E-state index is 9.59. The zero-order chi connectivity index (χ0) is 16.6. The zero-order valence-electron chi connectivity index (χ0n) is 13.6. The molecule has 1 aliphatic rings. The SMILES string of the molecule is CCc1ccc(C2c3c(n[nH]c3C(C)C)OC(=N)C2C#N)cc1. The minimum atomic E-state index is -0.634. The first-order valence-electron chi connectivity index (χ1n) is 7.89. The van der Waals surface area contributed by atoms with Crippen molar-refractivity contribution in [2.45, 2.75) is 39.0 Å². The van der Waals surface area contributed by atoms with Crippen molar-refractivity contribution in [2.75, 3.05) is 0 Å². The van der Waals surface area contributed by atoms with E-state index in [0.717, 1.165) is 23.2 Å². The molecule has 2 heterocycles. The Morgan fingerprint density at radius 3 is 2.61 bits per heavy atom. The Morgan fingerprint density at radius 2 is 2.04 bits per heavy atom. The standard InChI is InChI=1S/C18H20N4O/c1-4-11-5-7-12(8-6-11)14-13(9-19)17(20)23-18-15(14)16(10(2)3)21-22-18/h5-8,10,13-14,20H,4H2,1-3H3,(H,21,22).